The van der Waals surface area contributed by atoms with Crippen molar-refractivity contribution in [2.75, 3.05) is 11.1 Å². The van der Waals surface area contributed by atoms with Crippen molar-refractivity contribution < 1.29 is 14.7 Å². The molecule has 0 saturated carbocycles. The molecule has 6 heteroatoms. The van der Waals surface area contributed by atoms with Gasteiger partial charge in [0, 0.05) is 5.69 Å². The number of hydrogen-bond acceptors (Lipinski definition) is 4. The Morgan fingerprint density at radius 1 is 0.964 bits per heavy atom. The van der Waals surface area contributed by atoms with E-state index >= 15 is 0 Å². The van der Waals surface area contributed by atoms with Crippen LogP contribution in [-0.4, -0.2) is 22.7 Å². The Kier molecular flexibility index (Phi) is 4.37. The van der Waals surface area contributed by atoms with Gasteiger partial charge < -0.3 is 16.2 Å². The van der Waals surface area contributed by atoms with Gasteiger partial charge in [0.25, 0.3) is 0 Å². The van der Waals surface area contributed by atoms with Crippen molar-refractivity contribution in [2.45, 2.75) is 6.42 Å². The van der Waals surface area contributed by atoms with Crippen LogP contribution < -0.4 is 11.1 Å². The number of amides is 1. The van der Waals surface area contributed by atoms with Gasteiger partial charge >= 0.3 is 5.97 Å². The molecule has 1 aliphatic heterocycles. The number of nitrogen functional groups attached to an aromatic ring is 1. The van der Waals surface area contributed by atoms with Crippen molar-refractivity contribution in [3.63, 3.8) is 0 Å². The molecule has 4 N–H and O–H groups in total. The summed E-state index contributed by atoms with van der Waals surface area (Å²) in [6, 6.07) is 19.4. The van der Waals surface area contributed by atoms with Crippen LogP contribution in [-0.2, 0) is 4.79 Å². The average Bonchev–Trinajstić information content (AvgIpc) is 2.85. The Bertz CT molecular complexity index is 1140. The summed E-state index contributed by atoms with van der Waals surface area (Å²) < 4.78 is 0. The SMILES string of the molecule is Nc1cccc(C2=Nc3ccc(-c4cccc(C(=O)O)c4)cc3NC(=O)C2)c1. The van der Waals surface area contributed by atoms with Gasteiger partial charge in [-0.2, -0.15) is 0 Å². The van der Waals surface area contributed by atoms with Crippen molar-refractivity contribution in [3.8, 4) is 11.1 Å². The summed E-state index contributed by atoms with van der Waals surface area (Å²) in [5.41, 5.74) is 10.9. The third kappa shape index (κ3) is 3.48. The second-order valence-corrected chi connectivity index (χ2v) is 6.53. The molecule has 4 rings (SSSR count). The fourth-order valence-corrected chi connectivity index (χ4v) is 3.16. The number of nitrogens with two attached hydrogens (primary N) is 1. The maximum Gasteiger partial charge on any atom is 0.335 e. The lowest BCUT2D eigenvalue weighted by Gasteiger charge is -2.09. The van der Waals surface area contributed by atoms with Crippen molar-refractivity contribution in [3.05, 3.63) is 77.9 Å². The van der Waals surface area contributed by atoms with Crippen molar-refractivity contribution >= 4 is 34.7 Å². The highest BCUT2D eigenvalue weighted by Crippen LogP contribution is 2.34. The Morgan fingerprint density at radius 2 is 1.71 bits per heavy atom. The number of carboxylic acid groups (broad SMARTS) is 1. The van der Waals surface area contributed by atoms with Gasteiger partial charge in [0.2, 0.25) is 5.91 Å². The minimum Gasteiger partial charge on any atom is -0.478 e. The molecule has 3 aromatic rings. The highest BCUT2D eigenvalue weighted by molar-refractivity contribution is 6.17. The molecule has 6 nitrogen and oxygen atoms in total. The molecule has 0 aliphatic carbocycles. The Labute approximate surface area is 161 Å². The second kappa shape index (κ2) is 7.00. The molecule has 0 spiro atoms. The molecule has 138 valence electrons. The fourth-order valence-electron chi connectivity index (χ4n) is 3.16. The molecule has 0 atom stereocenters. The molecule has 0 bridgehead atoms. The van der Waals surface area contributed by atoms with E-state index in [4.69, 9.17) is 5.73 Å². The number of nitrogens with zero attached hydrogens (tertiary/aromatic N) is 1. The van der Waals surface area contributed by atoms with E-state index in [0.717, 1.165) is 16.7 Å². The molecule has 0 unspecified atom stereocenters. The molecule has 0 aromatic heterocycles. The van der Waals surface area contributed by atoms with Crippen LogP contribution in [0.1, 0.15) is 22.3 Å². The van der Waals surface area contributed by atoms with Crippen LogP contribution in [0.25, 0.3) is 11.1 Å². The lowest BCUT2D eigenvalue weighted by Crippen LogP contribution is -2.15. The summed E-state index contributed by atoms with van der Waals surface area (Å²) in [7, 11) is 0. The molecular formula is C22H17N3O3. The molecule has 0 fully saturated rings. The number of rotatable bonds is 3. The molecule has 1 aliphatic rings. The summed E-state index contributed by atoms with van der Waals surface area (Å²) in [5, 5.41) is 12.1. The average molecular weight is 371 g/mol. The largest absolute Gasteiger partial charge is 0.478 e. The zero-order chi connectivity index (χ0) is 19.7. The summed E-state index contributed by atoms with van der Waals surface area (Å²) in [5.74, 6) is -1.15. The number of benzene rings is 3. The summed E-state index contributed by atoms with van der Waals surface area (Å²) in [4.78, 5) is 28.3. The van der Waals surface area contributed by atoms with Gasteiger partial charge in [0.15, 0.2) is 0 Å². The quantitative estimate of drug-likeness (QED) is 0.603. The van der Waals surface area contributed by atoms with E-state index in [2.05, 4.69) is 10.3 Å². The molecular weight excluding hydrogens is 354 g/mol. The second-order valence-electron chi connectivity index (χ2n) is 6.53. The zero-order valence-corrected chi connectivity index (χ0v) is 14.8. The number of anilines is 2. The Hall–Kier alpha value is -3.93. The van der Waals surface area contributed by atoms with E-state index in [1.165, 1.54) is 0 Å². The molecule has 28 heavy (non-hydrogen) atoms. The molecule has 0 radical (unpaired) electrons. The Morgan fingerprint density at radius 3 is 2.50 bits per heavy atom. The maximum atomic E-state index is 12.4. The van der Waals surface area contributed by atoms with E-state index in [1.807, 2.05) is 30.3 Å². The molecule has 1 amide bonds. The van der Waals surface area contributed by atoms with Gasteiger partial charge in [-0.3, -0.25) is 9.79 Å². The van der Waals surface area contributed by atoms with Crippen LogP contribution >= 0.6 is 0 Å². The summed E-state index contributed by atoms with van der Waals surface area (Å²) in [6.07, 6.45) is 0.141. The zero-order valence-electron chi connectivity index (χ0n) is 14.8. The topological polar surface area (TPSA) is 105 Å². The molecule has 1 heterocycles. The number of carbonyl (C=O) groups is 2. The van der Waals surface area contributed by atoms with Gasteiger partial charge in [0.05, 0.1) is 29.1 Å². The fraction of sp³-hybridized carbons (Fsp3) is 0.0455. The van der Waals surface area contributed by atoms with Gasteiger partial charge in [0.1, 0.15) is 0 Å². The number of carboxylic acids is 1. The molecule has 3 aromatic carbocycles. The van der Waals surface area contributed by atoms with Crippen LogP contribution in [0.5, 0.6) is 0 Å². The first-order chi connectivity index (χ1) is 13.5. The summed E-state index contributed by atoms with van der Waals surface area (Å²) >= 11 is 0. The van der Waals surface area contributed by atoms with Crippen molar-refractivity contribution in [2.24, 2.45) is 4.99 Å². The minimum atomic E-state index is -0.985. The third-order valence-electron chi connectivity index (χ3n) is 4.52. The molecule has 0 saturated heterocycles. The lowest BCUT2D eigenvalue weighted by atomic mass is 10.0. The first-order valence-electron chi connectivity index (χ1n) is 8.71. The van der Waals surface area contributed by atoms with Crippen LogP contribution in [0.4, 0.5) is 17.1 Å². The van der Waals surface area contributed by atoms with E-state index in [9.17, 15) is 14.7 Å². The minimum absolute atomic E-state index is 0.141. The smallest absolute Gasteiger partial charge is 0.335 e. The maximum absolute atomic E-state index is 12.4. The van der Waals surface area contributed by atoms with Crippen LogP contribution in [0.3, 0.4) is 0 Å². The predicted molar refractivity (Wildman–Crippen MR) is 109 cm³/mol. The Balaban J connectivity index is 1.76. The first kappa shape index (κ1) is 17.5. The standard InChI is InChI=1S/C22H17N3O3/c23-17-6-2-4-15(10-17)19-12-21(26)25-20-11-14(7-8-18(20)24-19)13-3-1-5-16(9-13)22(27)28/h1-11H,12,23H2,(H,25,26)(H,27,28). The van der Waals surface area contributed by atoms with Crippen LogP contribution in [0.15, 0.2) is 71.7 Å². The highest BCUT2D eigenvalue weighted by atomic mass is 16.4. The highest BCUT2D eigenvalue weighted by Gasteiger charge is 2.18. The monoisotopic (exact) mass is 371 g/mol. The lowest BCUT2D eigenvalue weighted by molar-refractivity contribution is -0.115. The number of fused-ring (bicyclic) bond motifs is 1. The van der Waals surface area contributed by atoms with Crippen LogP contribution in [0, 0.1) is 0 Å². The number of carbonyl (C=O) groups excluding carboxylic acids is 1. The number of hydrogen-bond donors (Lipinski definition) is 3. The normalized spacial score (nSPS) is 13.1. The van der Waals surface area contributed by atoms with E-state index < -0.39 is 5.97 Å². The van der Waals surface area contributed by atoms with Crippen LogP contribution in [0.2, 0.25) is 0 Å². The van der Waals surface area contributed by atoms with E-state index in [1.54, 1.807) is 36.4 Å². The van der Waals surface area contributed by atoms with E-state index in [0.29, 0.717) is 22.8 Å². The third-order valence-corrected chi connectivity index (χ3v) is 4.52. The van der Waals surface area contributed by atoms with Gasteiger partial charge in [-0.1, -0.05) is 30.3 Å². The first-order valence-corrected chi connectivity index (χ1v) is 8.71. The van der Waals surface area contributed by atoms with Crippen molar-refractivity contribution in [1.29, 1.82) is 0 Å². The van der Waals surface area contributed by atoms with Gasteiger partial charge in [-0.25, -0.2) is 4.79 Å². The number of aliphatic imine (C=N–C) groups is 1. The van der Waals surface area contributed by atoms with Gasteiger partial charge in [-0.05, 0) is 53.1 Å². The predicted octanol–water partition coefficient (Wildman–Crippen LogP) is 4.10. The van der Waals surface area contributed by atoms with Crippen molar-refractivity contribution in [1.82, 2.24) is 0 Å². The number of aromatic carboxylic acids is 1. The van der Waals surface area contributed by atoms with Gasteiger partial charge in [-0.15, -0.1) is 0 Å². The van der Waals surface area contributed by atoms with E-state index in [-0.39, 0.29) is 17.9 Å². The summed E-state index contributed by atoms with van der Waals surface area (Å²) in [6.45, 7) is 0. The number of nitrogens with one attached hydrogen (secondary N) is 1.